The third kappa shape index (κ3) is 2.69. The zero-order chi connectivity index (χ0) is 13.0. The smallest absolute Gasteiger partial charge is 0.140 e. The van der Waals surface area contributed by atoms with Crippen LogP contribution in [-0.2, 0) is 6.54 Å². The Kier molecular flexibility index (Phi) is 3.95. The average Bonchev–Trinajstić information content (AvgIpc) is 2.87. The minimum atomic E-state index is -0.487. The molecule has 0 radical (unpaired) electrons. The predicted molar refractivity (Wildman–Crippen MR) is 66.2 cm³/mol. The fraction of sp³-hybridized carbons (Fsp3) is 0.500. The van der Waals surface area contributed by atoms with E-state index in [1.165, 1.54) is 6.07 Å². The van der Waals surface area contributed by atoms with E-state index in [0.29, 0.717) is 6.54 Å². The van der Waals surface area contributed by atoms with Gasteiger partial charge in [0.2, 0.25) is 0 Å². The molecule has 1 aliphatic carbocycles. The molecule has 96 valence electrons. The Morgan fingerprint density at radius 3 is 2.72 bits per heavy atom. The van der Waals surface area contributed by atoms with Crippen molar-refractivity contribution in [2.75, 3.05) is 6.61 Å². The maximum absolute atomic E-state index is 13.2. The number of hydrogen-bond donors (Lipinski definition) is 2. The van der Waals surface area contributed by atoms with Crippen LogP contribution in [0.1, 0.15) is 36.8 Å². The number of aliphatic hydroxyl groups is 1. The van der Waals surface area contributed by atoms with Crippen molar-refractivity contribution >= 4 is 0 Å². The van der Waals surface area contributed by atoms with Gasteiger partial charge in [0, 0.05) is 12.1 Å². The average molecular weight is 248 g/mol. The molecule has 1 saturated carbocycles. The first-order chi connectivity index (χ1) is 8.69. The van der Waals surface area contributed by atoms with Gasteiger partial charge in [-0.25, -0.2) is 4.39 Å². The van der Waals surface area contributed by atoms with Gasteiger partial charge < -0.3 is 10.4 Å². The first-order valence-electron chi connectivity index (χ1n) is 6.23. The molecule has 0 atom stereocenters. The summed E-state index contributed by atoms with van der Waals surface area (Å²) in [7, 11) is 0. The molecule has 0 bridgehead atoms. The highest BCUT2D eigenvalue weighted by molar-refractivity contribution is 5.34. The van der Waals surface area contributed by atoms with Crippen molar-refractivity contribution in [3.05, 3.63) is 35.1 Å². The summed E-state index contributed by atoms with van der Waals surface area (Å²) < 4.78 is 13.2. The summed E-state index contributed by atoms with van der Waals surface area (Å²) in [6.45, 7) is 0.675. The Morgan fingerprint density at radius 2 is 2.11 bits per heavy atom. The highest BCUT2D eigenvalue weighted by Gasteiger charge is 2.32. The number of benzene rings is 1. The van der Waals surface area contributed by atoms with Crippen LogP contribution in [0, 0.1) is 17.1 Å². The van der Waals surface area contributed by atoms with E-state index in [1.807, 2.05) is 6.07 Å². The molecule has 0 saturated heterocycles. The van der Waals surface area contributed by atoms with Gasteiger partial charge in [0.1, 0.15) is 11.9 Å². The van der Waals surface area contributed by atoms with Crippen molar-refractivity contribution in [3.63, 3.8) is 0 Å². The van der Waals surface area contributed by atoms with Gasteiger partial charge in [0.15, 0.2) is 0 Å². The molecule has 1 aliphatic rings. The topological polar surface area (TPSA) is 56.0 Å². The van der Waals surface area contributed by atoms with Crippen LogP contribution in [0.2, 0.25) is 0 Å². The van der Waals surface area contributed by atoms with Crippen molar-refractivity contribution < 1.29 is 9.50 Å². The van der Waals surface area contributed by atoms with E-state index in [-0.39, 0.29) is 17.7 Å². The number of hydrogen-bond acceptors (Lipinski definition) is 3. The van der Waals surface area contributed by atoms with Crippen LogP contribution in [0.3, 0.4) is 0 Å². The fourth-order valence-electron chi connectivity index (χ4n) is 2.50. The van der Waals surface area contributed by atoms with Gasteiger partial charge in [0.25, 0.3) is 0 Å². The van der Waals surface area contributed by atoms with Gasteiger partial charge >= 0.3 is 0 Å². The maximum Gasteiger partial charge on any atom is 0.140 e. The number of rotatable bonds is 4. The van der Waals surface area contributed by atoms with Crippen molar-refractivity contribution in [1.82, 2.24) is 5.32 Å². The number of aliphatic hydroxyl groups excluding tert-OH is 1. The third-order valence-corrected chi connectivity index (χ3v) is 3.68. The lowest BCUT2D eigenvalue weighted by atomic mass is 9.98. The number of nitriles is 1. The molecule has 0 aromatic heterocycles. The van der Waals surface area contributed by atoms with Crippen LogP contribution in [0.5, 0.6) is 0 Å². The summed E-state index contributed by atoms with van der Waals surface area (Å²) in [6, 6.07) is 6.38. The molecular formula is C14H17FN2O. The monoisotopic (exact) mass is 248 g/mol. The lowest BCUT2D eigenvalue weighted by Gasteiger charge is -2.28. The van der Waals surface area contributed by atoms with E-state index in [4.69, 9.17) is 5.26 Å². The van der Waals surface area contributed by atoms with E-state index in [2.05, 4.69) is 5.32 Å². The van der Waals surface area contributed by atoms with Crippen molar-refractivity contribution in [2.45, 2.75) is 37.8 Å². The molecule has 1 fully saturated rings. The van der Waals surface area contributed by atoms with Crippen molar-refractivity contribution in [1.29, 1.82) is 5.26 Å². The van der Waals surface area contributed by atoms with Gasteiger partial charge in [-0.3, -0.25) is 0 Å². The van der Waals surface area contributed by atoms with Crippen LogP contribution in [-0.4, -0.2) is 17.3 Å². The van der Waals surface area contributed by atoms with Crippen LogP contribution in [0.15, 0.2) is 18.2 Å². The molecule has 1 aromatic rings. The van der Waals surface area contributed by atoms with Crippen LogP contribution >= 0.6 is 0 Å². The maximum atomic E-state index is 13.2. The minimum absolute atomic E-state index is 0.0683. The van der Waals surface area contributed by atoms with Gasteiger partial charge in [-0.05, 0) is 30.5 Å². The fourth-order valence-corrected chi connectivity index (χ4v) is 2.50. The minimum Gasteiger partial charge on any atom is -0.394 e. The van der Waals surface area contributed by atoms with E-state index in [0.717, 1.165) is 31.2 Å². The SMILES string of the molecule is N#Cc1cc(CNC2(CO)CCCC2)ccc1F. The number of nitrogens with one attached hydrogen (secondary N) is 1. The van der Waals surface area contributed by atoms with Crippen LogP contribution in [0.4, 0.5) is 4.39 Å². The second-order valence-electron chi connectivity index (χ2n) is 4.93. The summed E-state index contributed by atoms with van der Waals surface area (Å²) in [5, 5.41) is 21.6. The van der Waals surface area contributed by atoms with Crippen LogP contribution < -0.4 is 5.32 Å². The molecule has 1 aromatic carbocycles. The molecule has 0 spiro atoms. The predicted octanol–water partition coefficient (Wildman–Crippen LogP) is 2.09. The zero-order valence-corrected chi connectivity index (χ0v) is 10.2. The second-order valence-corrected chi connectivity index (χ2v) is 4.93. The first kappa shape index (κ1) is 13.0. The molecule has 4 heteroatoms. The molecule has 0 aliphatic heterocycles. The Balaban J connectivity index is 2.04. The molecule has 0 heterocycles. The van der Waals surface area contributed by atoms with Gasteiger partial charge in [-0.2, -0.15) is 5.26 Å². The summed E-state index contributed by atoms with van der Waals surface area (Å²) in [4.78, 5) is 0. The van der Waals surface area contributed by atoms with Gasteiger partial charge in [-0.1, -0.05) is 18.9 Å². The van der Waals surface area contributed by atoms with Gasteiger partial charge in [-0.15, -0.1) is 0 Å². The van der Waals surface area contributed by atoms with E-state index < -0.39 is 5.82 Å². The Bertz CT molecular complexity index is 461. The summed E-state index contributed by atoms with van der Waals surface area (Å²) >= 11 is 0. The second kappa shape index (κ2) is 5.47. The summed E-state index contributed by atoms with van der Waals surface area (Å²) in [5.74, 6) is -0.487. The lowest BCUT2D eigenvalue weighted by Crippen LogP contribution is -2.45. The highest BCUT2D eigenvalue weighted by Crippen LogP contribution is 2.29. The molecule has 3 nitrogen and oxygen atoms in total. The molecule has 2 rings (SSSR count). The Labute approximate surface area is 106 Å². The molecule has 18 heavy (non-hydrogen) atoms. The Morgan fingerprint density at radius 1 is 1.39 bits per heavy atom. The lowest BCUT2D eigenvalue weighted by molar-refractivity contribution is 0.163. The van der Waals surface area contributed by atoms with E-state index in [9.17, 15) is 9.50 Å². The number of nitrogens with zero attached hydrogens (tertiary/aromatic N) is 1. The summed E-state index contributed by atoms with van der Waals surface area (Å²) in [6.07, 6.45) is 4.19. The van der Waals surface area contributed by atoms with E-state index >= 15 is 0 Å². The Hall–Kier alpha value is -1.44. The quantitative estimate of drug-likeness (QED) is 0.857. The molecule has 0 unspecified atom stereocenters. The van der Waals surface area contributed by atoms with E-state index in [1.54, 1.807) is 12.1 Å². The van der Waals surface area contributed by atoms with Crippen molar-refractivity contribution in [3.8, 4) is 6.07 Å². The molecular weight excluding hydrogens is 231 g/mol. The zero-order valence-electron chi connectivity index (χ0n) is 10.2. The number of halogens is 1. The molecule has 0 amide bonds. The first-order valence-corrected chi connectivity index (χ1v) is 6.23. The van der Waals surface area contributed by atoms with Gasteiger partial charge in [0.05, 0.1) is 12.2 Å². The third-order valence-electron chi connectivity index (χ3n) is 3.68. The standard InChI is InChI=1S/C14H17FN2O/c15-13-4-3-11(7-12(13)8-16)9-17-14(10-18)5-1-2-6-14/h3-4,7,17-18H,1-2,5-6,9-10H2. The van der Waals surface area contributed by atoms with Crippen molar-refractivity contribution in [2.24, 2.45) is 0 Å². The normalized spacial score (nSPS) is 17.6. The van der Waals surface area contributed by atoms with Crippen LogP contribution in [0.25, 0.3) is 0 Å². The molecule has 2 N–H and O–H groups in total. The largest absolute Gasteiger partial charge is 0.394 e. The highest BCUT2D eigenvalue weighted by atomic mass is 19.1. The summed E-state index contributed by atoms with van der Waals surface area (Å²) in [5.41, 5.74) is 0.743.